The van der Waals surface area contributed by atoms with Gasteiger partial charge in [0.25, 0.3) is 5.91 Å². The lowest BCUT2D eigenvalue weighted by Crippen LogP contribution is -2.38. The van der Waals surface area contributed by atoms with Gasteiger partial charge >= 0.3 is 5.97 Å². The van der Waals surface area contributed by atoms with Gasteiger partial charge in [-0.25, -0.2) is 14.2 Å². The van der Waals surface area contributed by atoms with Crippen molar-refractivity contribution < 1.29 is 18.7 Å². The molecule has 0 fully saturated rings. The van der Waals surface area contributed by atoms with Gasteiger partial charge in [-0.1, -0.05) is 30.0 Å². The van der Waals surface area contributed by atoms with Crippen molar-refractivity contribution in [3.05, 3.63) is 71.8 Å². The largest absolute Gasteiger partial charge is 0.451 e. The summed E-state index contributed by atoms with van der Waals surface area (Å²) in [7, 11) is 0. The molecule has 8 heteroatoms. The average molecular weight is 425 g/mol. The molecule has 0 spiro atoms. The number of imidazole rings is 1. The smallest absolute Gasteiger partial charge is 0.357 e. The Hall–Kier alpha value is -3.13. The third-order valence-electron chi connectivity index (χ3n) is 5.01. The van der Waals surface area contributed by atoms with Crippen molar-refractivity contribution in [3.8, 4) is 5.69 Å². The highest BCUT2D eigenvalue weighted by atomic mass is 32.2. The molecular formula is C22H20FN3O3S. The summed E-state index contributed by atoms with van der Waals surface area (Å²) in [5.41, 5.74) is 2.71. The monoisotopic (exact) mass is 425 g/mol. The highest BCUT2D eigenvalue weighted by molar-refractivity contribution is 7.98. The van der Waals surface area contributed by atoms with Crippen molar-refractivity contribution in [1.29, 1.82) is 0 Å². The van der Waals surface area contributed by atoms with Crippen LogP contribution in [-0.2, 0) is 16.0 Å². The molecule has 2 aromatic carbocycles. The number of aromatic nitrogens is 2. The molecule has 30 heavy (non-hydrogen) atoms. The molecule has 1 aliphatic heterocycles. The number of para-hydroxylation sites is 1. The third-order valence-corrected chi connectivity index (χ3v) is 5.66. The predicted molar refractivity (Wildman–Crippen MR) is 113 cm³/mol. The maximum atomic E-state index is 13.3. The maximum Gasteiger partial charge on any atom is 0.357 e. The molecule has 6 nitrogen and oxygen atoms in total. The molecule has 154 valence electrons. The molecule has 3 aromatic rings. The minimum atomic E-state index is -0.666. The second-order valence-corrected chi connectivity index (χ2v) is 7.74. The van der Waals surface area contributed by atoms with Crippen LogP contribution in [-0.4, -0.2) is 40.3 Å². The van der Waals surface area contributed by atoms with Crippen LogP contribution in [0.2, 0.25) is 0 Å². The van der Waals surface area contributed by atoms with Gasteiger partial charge in [-0.3, -0.25) is 9.36 Å². The number of fused-ring (bicyclic) bond motifs is 1. The first-order valence-corrected chi connectivity index (χ1v) is 10.7. The van der Waals surface area contributed by atoms with Crippen LogP contribution in [0.5, 0.6) is 0 Å². The molecule has 0 bridgehead atoms. The van der Waals surface area contributed by atoms with Crippen molar-refractivity contribution in [2.75, 3.05) is 17.8 Å². The van der Waals surface area contributed by atoms with Crippen LogP contribution in [0.3, 0.4) is 0 Å². The van der Waals surface area contributed by atoms with E-state index in [1.54, 1.807) is 21.6 Å². The SMILES string of the molecule is CSc1ncc(C(=O)OCC(=O)N2c3ccccc3CC2C)n1-c1ccc(F)cc1. The lowest BCUT2D eigenvalue weighted by Gasteiger charge is -2.22. The number of halogens is 1. The maximum absolute atomic E-state index is 13.3. The van der Waals surface area contributed by atoms with Gasteiger partial charge < -0.3 is 9.64 Å². The molecule has 1 unspecified atom stereocenters. The number of esters is 1. The van der Waals surface area contributed by atoms with Crippen LogP contribution in [0.4, 0.5) is 10.1 Å². The zero-order valence-electron chi connectivity index (χ0n) is 16.5. The van der Waals surface area contributed by atoms with E-state index < -0.39 is 5.97 Å². The third kappa shape index (κ3) is 3.70. The van der Waals surface area contributed by atoms with E-state index in [-0.39, 0.29) is 30.1 Å². The Morgan fingerprint density at radius 2 is 1.93 bits per heavy atom. The van der Waals surface area contributed by atoms with Crippen molar-refractivity contribution in [2.24, 2.45) is 0 Å². The van der Waals surface area contributed by atoms with E-state index >= 15 is 0 Å². The second-order valence-electron chi connectivity index (χ2n) is 6.96. The number of nitrogens with zero attached hydrogens (tertiary/aromatic N) is 3. The molecular weight excluding hydrogens is 405 g/mol. The quantitative estimate of drug-likeness (QED) is 0.459. The van der Waals surface area contributed by atoms with E-state index in [0.29, 0.717) is 10.8 Å². The normalized spacial score (nSPS) is 15.2. The molecule has 0 saturated carbocycles. The Kier molecular flexibility index (Phi) is 5.59. The molecule has 0 N–H and O–H groups in total. The molecule has 0 radical (unpaired) electrons. The molecule has 1 atom stereocenters. The van der Waals surface area contributed by atoms with E-state index in [1.165, 1.54) is 30.1 Å². The molecule has 0 aliphatic carbocycles. The van der Waals surface area contributed by atoms with Gasteiger partial charge in [-0.15, -0.1) is 0 Å². The van der Waals surface area contributed by atoms with Crippen molar-refractivity contribution >= 4 is 29.3 Å². The van der Waals surface area contributed by atoms with Gasteiger partial charge in [0.1, 0.15) is 5.82 Å². The molecule has 1 aliphatic rings. The molecule has 0 saturated heterocycles. The summed E-state index contributed by atoms with van der Waals surface area (Å²) in [6, 6.07) is 13.5. The summed E-state index contributed by atoms with van der Waals surface area (Å²) in [4.78, 5) is 31.4. The lowest BCUT2D eigenvalue weighted by atomic mass is 10.1. The van der Waals surface area contributed by atoms with E-state index in [4.69, 9.17) is 4.74 Å². The molecule has 4 rings (SSSR count). The van der Waals surface area contributed by atoms with Crippen LogP contribution < -0.4 is 4.90 Å². The minimum Gasteiger partial charge on any atom is -0.451 e. The number of rotatable bonds is 5. The Morgan fingerprint density at radius 3 is 2.67 bits per heavy atom. The average Bonchev–Trinajstić information content (AvgIpc) is 3.32. The van der Waals surface area contributed by atoms with E-state index in [1.807, 2.05) is 37.4 Å². The summed E-state index contributed by atoms with van der Waals surface area (Å²) in [5.74, 6) is -1.32. The highest BCUT2D eigenvalue weighted by Gasteiger charge is 2.31. The number of anilines is 1. The molecule has 2 heterocycles. The zero-order valence-corrected chi connectivity index (χ0v) is 17.4. The van der Waals surface area contributed by atoms with E-state index in [9.17, 15) is 14.0 Å². The number of hydrogen-bond donors (Lipinski definition) is 0. The van der Waals surface area contributed by atoms with Gasteiger partial charge in [0, 0.05) is 17.4 Å². The minimum absolute atomic E-state index is 0.00133. The zero-order chi connectivity index (χ0) is 21.3. The van der Waals surface area contributed by atoms with Gasteiger partial charge in [-0.05, 0) is 55.5 Å². The number of ether oxygens (including phenoxy) is 1. The van der Waals surface area contributed by atoms with Gasteiger partial charge in [0.2, 0.25) is 0 Å². The van der Waals surface area contributed by atoms with Crippen molar-refractivity contribution in [2.45, 2.75) is 24.5 Å². The number of carbonyl (C=O) groups is 2. The lowest BCUT2D eigenvalue weighted by molar-refractivity contribution is -0.122. The second kappa shape index (κ2) is 8.31. The summed E-state index contributed by atoms with van der Waals surface area (Å²) in [5, 5.41) is 0.557. The summed E-state index contributed by atoms with van der Waals surface area (Å²) < 4.78 is 20.2. The number of thioether (sulfide) groups is 1. The van der Waals surface area contributed by atoms with Gasteiger partial charge in [0.15, 0.2) is 17.5 Å². The Bertz CT molecular complexity index is 1100. The fourth-order valence-corrected chi connectivity index (χ4v) is 4.22. The topological polar surface area (TPSA) is 64.4 Å². The van der Waals surface area contributed by atoms with Gasteiger partial charge in [0.05, 0.1) is 6.20 Å². The molecule has 1 aromatic heterocycles. The number of hydrogen-bond acceptors (Lipinski definition) is 5. The number of benzene rings is 2. The number of carbonyl (C=O) groups excluding carboxylic acids is 2. The first-order chi connectivity index (χ1) is 14.5. The van der Waals surface area contributed by atoms with Gasteiger partial charge in [-0.2, -0.15) is 0 Å². The Balaban J connectivity index is 1.52. The van der Waals surface area contributed by atoms with Crippen molar-refractivity contribution in [3.63, 3.8) is 0 Å². The van der Waals surface area contributed by atoms with Crippen LogP contribution in [0, 0.1) is 5.82 Å². The fraction of sp³-hybridized carbons (Fsp3) is 0.227. The van der Waals surface area contributed by atoms with Crippen LogP contribution in [0.1, 0.15) is 23.0 Å². The first kappa shape index (κ1) is 20.2. The van der Waals surface area contributed by atoms with Crippen LogP contribution >= 0.6 is 11.8 Å². The van der Waals surface area contributed by atoms with Crippen LogP contribution in [0.25, 0.3) is 5.69 Å². The van der Waals surface area contributed by atoms with Crippen LogP contribution in [0.15, 0.2) is 59.9 Å². The standard InChI is InChI=1S/C22H20FN3O3S/c1-14-11-15-5-3-4-6-18(15)25(14)20(27)13-29-21(28)19-12-24-22(30-2)26(19)17-9-7-16(23)8-10-17/h3-10,12,14H,11,13H2,1-2H3. The Morgan fingerprint density at radius 1 is 1.20 bits per heavy atom. The summed E-state index contributed by atoms with van der Waals surface area (Å²) in [6.07, 6.45) is 3.99. The highest BCUT2D eigenvalue weighted by Crippen LogP contribution is 2.32. The van der Waals surface area contributed by atoms with E-state index in [2.05, 4.69) is 4.98 Å². The Labute approximate surface area is 177 Å². The number of amides is 1. The first-order valence-electron chi connectivity index (χ1n) is 9.44. The fourth-order valence-electron chi connectivity index (χ4n) is 3.68. The predicted octanol–water partition coefficient (Wildman–Crippen LogP) is 3.87. The van der Waals surface area contributed by atoms with E-state index in [0.717, 1.165) is 17.7 Å². The summed E-state index contributed by atoms with van der Waals surface area (Å²) in [6.45, 7) is 1.59. The summed E-state index contributed by atoms with van der Waals surface area (Å²) >= 11 is 1.35. The van der Waals surface area contributed by atoms with Crippen molar-refractivity contribution in [1.82, 2.24) is 9.55 Å². The molecule has 1 amide bonds.